The first-order valence-corrected chi connectivity index (χ1v) is 60.2. The number of carbonyl (C=O) groups is 9. The Morgan fingerprint density at radius 3 is 0.813 bits per heavy atom. The van der Waals surface area contributed by atoms with Crippen molar-refractivity contribution in [1.29, 1.82) is 0 Å². The summed E-state index contributed by atoms with van der Waals surface area (Å²) in [5.74, 6) is -2.62. The lowest BCUT2D eigenvalue weighted by molar-refractivity contribution is -0.146. The smallest absolute Gasteiger partial charge is 0.410 e. The molecule has 8 saturated heterocycles. The van der Waals surface area contributed by atoms with Gasteiger partial charge in [-0.05, 0) is 288 Å². The zero-order valence-corrected chi connectivity index (χ0v) is 95.3. The summed E-state index contributed by atoms with van der Waals surface area (Å²) in [7, 11) is -17.3. The number of carboxylic acid groups (broad SMARTS) is 1. The highest BCUT2D eigenvalue weighted by Gasteiger charge is 2.50. The number of sulfonamides is 3. The largest absolute Gasteiger partial charge is 0.480 e. The molecular formula is C88H164Br2N8O27S9. The summed E-state index contributed by atoms with van der Waals surface area (Å²) in [6, 6.07) is 0. The van der Waals surface area contributed by atoms with Gasteiger partial charge in [0.1, 0.15) is 31.0 Å². The molecule has 8 rings (SSSR count). The van der Waals surface area contributed by atoms with Gasteiger partial charge in [-0.25, -0.2) is 69.4 Å². The lowest BCUT2D eigenvalue weighted by atomic mass is 10.1. The molecule has 0 radical (unpaired) electrons. The van der Waals surface area contributed by atoms with E-state index in [0.717, 1.165) is 122 Å². The van der Waals surface area contributed by atoms with Crippen LogP contribution in [0.5, 0.6) is 0 Å². The average Bonchev–Trinajstić information content (AvgIpc) is 0.800. The number of thioether (sulfide) groups is 4. The van der Waals surface area contributed by atoms with Crippen molar-refractivity contribution in [3.8, 4) is 0 Å². The summed E-state index contributed by atoms with van der Waals surface area (Å²) in [6.45, 7) is 53.7. The molecule has 0 aliphatic carbocycles. The molecule has 0 atom stereocenters. The highest BCUT2D eigenvalue weighted by molar-refractivity contribution is 9.09. The topological polar surface area (TPSA) is 453 Å². The minimum atomic E-state index is -3.85. The van der Waals surface area contributed by atoms with Crippen LogP contribution in [0.1, 0.15) is 269 Å². The first kappa shape index (κ1) is 129. The van der Waals surface area contributed by atoms with E-state index in [-0.39, 0.29) is 105 Å². The number of piperidine rings is 8. The number of carbonyl (C=O) groups excluding carboxylic acids is 8. The van der Waals surface area contributed by atoms with Crippen LogP contribution in [0.15, 0.2) is 0 Å². The van der Waals surface area contributed by atoms with Crippen molar-refractivity contribution < 1.29 is 124 Å². The van der Waals surface area contributed by atoms with E-state index in [1.54, 1.807) is 70.8 Å². The van der Waals surface area contributed by atoms with E-state index in [0.29, 0.717) is 84.9 Å². The first-order chi connectivity index (χ1) is 61.2. The van der Waals surface area contributed by atoms with Crippen LogP contribution in [-0.4, -0.2) is 360 Å². The van der Waals surface area contributed by atoms with E-state index < -0.39 is 107 Å². The van der Waals surface area contributed by atoms with Gasteiger partial charge in [0, 0.05) is 116 Å². The van der Waals surface area contributed by atoms with Gasteiger partial charge in [-0.2, -0.15) is 0 Å². The molecule has 35 nitrogen and oxygen atoms in total. The second-order valence-electron chi connectivity index (χ2n) is 39.2. The minimum absolute atomic E-state index is 0.0893. The van der Waals surface area contributed by atoms with Crippen LogP contribution in [0.3, 0.4) is 0 Å². The molecule has 786 valence electrons. The maximum Gasteiger partial charge on any atom is 0.410 e. The van der Waals surface area contributed by atoms with Crippen molar-refractivity contribution in [2.75, 3.05) is 150 Å². The Morgan fingerprint density at radius 2 is 0.567 bits per heavy atom. The van der Waals surface area contributed by atoms with E-state index in [4.69, 9.17) is 38.3 Å². The van der Waals surface area contributed by atoms with Gasteiger partial charge in [-0.15, -0.1) is 35.3 Å². The lowest BCUT2D eigenvalue weighted by Gasteiger charge is -2.35. The molecule has 134 heavy (non-hydrogen) atoms. The SMILES string of the molecule is BrC1CCNCC1.CC(=O)SC1CCN(C(=O)OC(C)(C)C)CC1.CC(C)(C(=O)O)S(=O)(=O)C1CCN(S(C)(=O)=O)CC1.CC(C)(C)OC(=O)N1CCC(Br)CC1.CCOC(=O)C(C)(C)S(=O)(=O)C1CCN(S(C)(=O)=O)CC1.CCOC(=O)C(C)(C)SC1CCN(C(=O)OC(C)(C)C)CC1.CCOC(=O)C(C)(C)SC1CCN(S(C)(=O)=O)CC1.CCOC(=O)C(C)(C)SC1CCNCC1. The minimum Gasteiger partial charge on any atom is -0.480 e. The number of rotatable bonds is 23. The third-order valence-electron chi connectivity index (χ3n) is 22.0. The Hall–Kier alpha value is -3.26. The van der Waals surface area contributed by atoms with E-state index in [9.17, 15) is 85.2 Å². The molecule has 0 aromatic heterocycles. The highest BCUT2D eigenvalue weighted by Crippen LogP contribution is 2.40. The van der Waals surface area contributed by atoms with Crippen LogP contribution in [0.4, 0.5) is 14.4 Å². The van der Waals surface area contributed by atoms with Crippen molar-refractivity contribution in [2.45, 2.75) is 351 Å². The van der Waals surface area contributed by atoms with Gasteiger partial charge >= 0.3 is 48.1 Å². The number of carboxylic acids is 1. The molecule has 0 unspecified atom stereocenters. The molecule has 0 aromatic rings. The van der Waals surface area contributed by atoms with Crippen LogP contribution in [0, 0.1) is 0 Å². The van der Waals surface area contributed by atoms with Crippen molar-refractivity contribution >= 4 is 182 Å². The fraction of sp³-hybridized carbons (Fsp3) is 0.898. The molecule has 0 aromatic carbocycles. The Labute approximate surface area is 837 Å². The zero-order valence-electron chi connectivity index (χ0n) is 84.7. The molecule has 8 fully saturated rings. The fourth-order valence-electron chi connectivity index (χ4n) is 14.2. The number of hydrogen-bond acceptors (Lipinski definition) is 32. The van der Waals surface area contributed by atoms with Gasteiger partial charge in [-0.1, -0.05) is 43.6 Å². The number of nitrogens with one attached hydrogen (secondary N) is 2. The van der Waals surface area contributed by atoms with E-state index in [2.05, 4.69) is 42.5 Å². The van der Waals surface area contributed by atoms with Gasteiger partial charge in [-0.3, -0.25) is 28.8 Å². The first-order valence-electron chi connectivity index (χ1n) is 46.3. The van der Waals surface area contributed by atoms with E-state index >= 15 is 0 Å². The quantitative estimate of drug-likeness (QED) is 0.0486. The molecule has 3 amide bonds. The van der Waals surface area contributed by atoms with Crippen LogP contribution >= 0.6 is 78.9 Å². The Morgan fingerprint density at radius 1 is 0.336 bits per heavy atom. The van der Waals surface area contributed by atoms with Gasteiger partial charge in [0.05, 0.1) is 55.7 Å². The zero-order chi connectivity index (χ0) is 103. The van der Waals surface area contributed by atoms with Crippen molar-refractivity contribution in [3.05, 3.63) is 0 Å². The summed E-state index contributed by atoms with van der Waals surface area (Å²) in [4.78, 5) is 111. The monoisotopic (exact) mass is 2210 g/mol. The van der Waals surface area contributed by atoms with Crippen molar-refractivity contribution in [3.63, 3.8) is 0 Å². The van der Waals surface area contributed by atoms with Gasteiger partial charge < -0.3 is 63.6 Å². The van der Waals surface area contributed by atoms with E-state index in [1.807, 2.05) is 118 Å². The summed E-state index contributed by atoms with van der Waals surface area (Å²) in [5, 5.41) is 15.8. The molecule has 0 spiro atoms. The normalized spacial score (nSPS) is 19.3. The average molecular weight is 2210 g/mol. The molecular weight excluding hydrogens is 2050 g/mol. The summed E-state index contributed by atoms with van der Waals surface area (Å²) in [6.07, 6.45) is 15.3. The Balaban J connectivity index is 0.000000774. The van der Waals surface area contributed by atoms with Gasteiger partial charge in [0.2, 0.25) is 30.1 Å². The number of sulfone groups is 2. The predicted octanol–water partition coefficient (Wildman–Crippen LogP) is 13.2. The third-order valence-corrected chi connectivity index (χ3v) is 39.5. The molecule has 8 aliphatic heterocycles. The van der Waals surface area contributed by atoms with Crippen LogP contribution in [0.25, 0.3) is 0 Å². The maximum absolute atomic E-state index is 12.6. The van der Waals surface area contributed by atoms with Gasteiger partial charge in [0.25, 0.3) is 0 Å². The van der Waals surface area contributed by atoms with Crippen molar-refractivity contribution in [2.24, 2.45) is 0 Å². The molecule has 46 heteroatoms. The second-order valence-corrected chi connectivity index (χ2v) is 60.6. The number of amides is 3. The molecule has 3 N–H and O–H groups in total. The van der Waals surface area contributed by atoms with Crippen LogP contribution in [0.2, 0.25) is 0 Å². The number of aliphatic carboxylic acids is 1. The van der Waals surface area contributed by atoms with Gasteiger partial charge in [0.15, 0.2) is 34.3 Å². The number of halogens is 2. The maximum atomic E-state index is 12.6. The summed E-state index contributed by atoms with van der Waals surface area (Å²) in [5.41, 5.74) is -1.29. The third kappa shape index (κ3) is 48.2. The fourth-order valence-corrected chi connectivity index (χ4v) is 26.8. The highest BCUT2D eigenvalue weighted by atomic mass is 79.9. The Kier molecular flexibility index (Phi) is 55.6. The van der Waals surface area contributed by atoms with Crippen LogP contribution < -0.4 is 10.6 Å². The summed E-state index contributed by atoms with van der Waals surface area (Å²) < 4.78 is 153. The molecule has 0 saturated carbocycles. The van der Waals surface area contributed by atoms with Crippen LogP contribution in [-0.2, 0) is 112 Å². The standard InChI is InChI=1S/C16H29NO4S.C12H23NO6S2.C12H23NO4S2.C12H21NO3S.C11H21NO2S.C10H18BrNO2.C10H19NO6S2.C5H10BrN/c1-7-20-13(18)16(5,6)22-12-8-10-17(11-9-12)14(19)21-15(2,3)4;1-5-19-11(14)12(2,3)21(17,18)10-6-8-13(9-7-10)20(4,15)16;1-5-17-11(14)12(2,3)18-10-6-8-13(9-7-10)19(4,15)16;1-9(14)17-10-5-7-13(8-6-10)11(15)16-12(2,3)4;1-4-14-10(13)11(2,3)15-9-5-7-12-8-6-9;1-10(2,3)14-9(13)12-6-4-8(11)5-7-12;1-10(2,9(12)13)19(16,17)8-4-6-11(7-5-8)18(3,14)15;6-5-1-3-7-4-2-5/h12H,7-11H2,1-6H3;10H,5-9H2,1-4H3;10H,5-9H2,1-4H3;10H,5-8H2,1-4H3;9,12H,4-8H2,1-3H3;8H,4-7H2,1-3H3;8H,4-7H2,1-3H3,(H,12,13);5,7H,1-4H2. The number of likely N-dealkylation sites (tertiary alicyclic amines) is 3. The summed E-state index contributed by atoms with van der Waals surface area (Å²) >= 11 is 13.5. The molecule has 8 aliphatic rings. The Bertz CT molecular complexity index is 4240. The second kappa shape index (κ2) is 57.9. The predicted molar refractivity (Wildman–Crippen MR) is 544 cm³/mol. The number of nitrogens with zero attached hydrogens (tertiary/aromatic N) is 6. The number of esters is 4. The number of hydrogen-bond donors (Lipinski definition) is 3. The number of alkyl halides is 2. The van der Waals surface area contributed by atoms with E-state index in [1.165, 1.54) is 70.7 Å². The molecule has 0 bridgehead atoms. The lowest BCUT2D eigenvalue weighted by Crippen LogP contribution is -2.50. The number of ether oxygens (including phenoxy) is 7. The van der Waals surface area contributed by atoms with Crippen molar-refractivity contribution in [1.82, 2.24) is 38.2 Å². The molecule has 8 heterocycles.